The Balaban J connectivity index is 1.83. The van der Waals surface area contributed by atoms with Gasteiger partial charge in [-0.2, -0.15) is 0 Å². The molecule has 6 heteroatoms. The Morgan fingerprint density at radius 3 is 3.19 bits per heavy atom. The normalized spacial score (nSPS) is 18.6. The van der Waals surface area contributed by atoms with Crippen molar-refractivity contribution >= 4 is 22.6 Å². The summed E-state index contributed by atoms with van der Waals surface area (Å²) in [6.07, 6.45) is 5.45. The third kappa shape index (κ3) is 2.32. The molecule has 1 unspecified atom stereocenters. The molecular weight excluding hydrogens is 286 g/mol. The predicted octanol–water partition coefficient (Wildman–Crippen LogP) is 2.34. The Labute approximate surface area is 127 Å². The molecule has 21 heavy (non-hydrogen) atoms. The van der Waals surface area contributed by atoms with E-state index in [-0.39, 0.29) is 0 Å². The van der Waals surface area contributed by atoms with E-state index in [0.717, 1.165) is 53.5 Å². The molecule has 0 aliphatic carbocycles. The first-order valence-electron chi connectivity index (χ1n) is 7.15. The van der Waals surface area contributed by atoms with Crippen LogP contribution in [0.4, 0.5) is 0 Å². The number of imidazole rings is 2. The topological polar surface area (TPSA) is 58.5 Å². The number of fused-ring (bicyclic) bond motifs is 3. The molecule has 0 saturated carbocycles. The van der Waals surface area contributed by atoms with Gasteiger partial charge in [0.2, 0.25) is 0 Å². The molecule has 0 fully saturated rings. The van der Waals surface area contributed by atoms with E-state index in [0.29, 0.717) is 6.04 Å². The highest BCUT2D eigenvalue weighted by molar-refractivity contribution is 6.31. The molecule has 0 spiro atoms. The minimum Gasteiger partial charge on any atom is -0.348 e. The number of halogens is 1. The van der Waals surface area contributed by atoms with Crippen LogP contribution in [0, 0.1) is 0 Å². The molecule has 2 aromatic heterocycles. The third-order valence-corrected chi connectivity index (χ3v) is 4.24. The minimum atomic E-state index is 0.311. The molecule has 1 aromatic carbocycles. The Kier molecular flexibility index (Phi) is 3.16. The zero-order chi connectivity index (χ0) is 14.2. The molecule has 3 heterocycles. The highest BCUT2D eigenvalue weighted by Crippen LogP contribution is 2.27. The summed E-state index contributed by atoms with van der Waals surface area (Å²) in [4.78, 5) is 12.1. The van der Waals surface area contributed by atoms with Crippen LogP contribution in [0.15, 0.2) is 30.7 Å². The zero-order valence-electron chi connectivity index (χ0n) is 11.5. The van der Waals surface area contributed by atoms with Gasteiger partial charge in [-0.25, -0.2) is 9.97 Å². The molecule has 4 rings (SSSR count). The van der Waals surface area contributed by atoms with Crippen LogP contribution in [0.25, 0.3) is 11.0 Å². The second-order valence-electron chi connectivity index (χ2n) is 5.42. The average Bonchev–Trinajstić information content (AvgIpc) is 3.04. The van der Waals surface area contributed by atoms with Crippen molar-refractivity contribution in [3.8, 4) is 0 Å². The summed E-state index contributed by atoms with van der Waals surface area (Å²) in [7, 11) is 0. The largest absolute Gasteiger partial charge is 0.348 e. The fourth-order valence-electron chi connectivity index (χ4n) is 3.07. The number of aromatic amines is 1. The Morgan fingerprint density at radius 2 is 2.33 bits per heavy atom. The fraction of sp³-hybridized carbons (Fsp3) is 0.333. The molecule has 5 nitrogen and oxygen atoms in total. The quantitative estimate of drug-likeness (QED) is 0.764. The van der Waals surface area contributed by atoms with E-state index in [1.807, 2.05) is 24.4 Å². The number of rotatable bonds is 2. The van der Waals surface area contributed by atoms with Gasteiger partial charge in [0.1, 0.15) is 5.82 Å². The van der Waals surface area contributed by atoms with Crippen LogP contribution >= 0.6 is 11.6 Å². The van der Waals surface area contributed by atoms with E-state index >= 15 is 0 Å². The molecule has 1 atom stereocenters. The summed E-state index contributed by atoms with van der Waals surface area (Å²) in [5.74, 6) is 1.13. The van der Waals surface area contributed by atoms with Crippen LogP contribution < -0.4 is 5.32 Å². The Hall–Kier alpha value is -1.85. The van der Waals surface area contributed by atoms with Crippen LogP contribution in [-0.4, -0.2) is 32.6 Å². The first-order chi connectivity index (χ1) is 10.3. The van der Waals surface area contributed by atoms with Crippen LogP contribution in [-0.2, 0) is 12.8 Å². The molecule has 0 saturated heterocycles. The van der Waals surface area contributed by atoms with E-state index in [2.05, 4.69) is 19.9 Å². The van der Waals surface area contributed by atoms with Gasteiger partial charge >= 0.3 is 0 Å². The summed E-state index contributed by atoms with van der Waals surface area (Å²) in [5.41, 5.74) is 3.27. The van der Waals surface area contributed by atoms with Crippen molar-refractivity contribution in [1.29, 1.82) is 0 Å². The highest BCUT2D eigenvalue weighted by atomic mass is 35.5. The molecule has 3 aromatic rings. The molecule has 2 N–H and O–H groups in total. The predicted molar refractivity (Wildman–Crippen MR) is 82.6 cm³/mol. The monoisotopic (exact) mass is 301 g/mol. The second kappa shape index (κ2) is 5.16. The number of H-pyrrole nitrogens is 1. The molecule has 0 bridgehead atoms. The lowest BCUT2D eigenvalue weighted by molar-refractivity contribution is 0.485. The Morgan fingerprint density at radius 1 is 1.38 bits per heavy atom. The van der Waals surface area contributed by atoms with E-state index in [4.69, 9.17) is 16.6 Å². The van der Waals surface area contributed by atoms with Crippen molar-refractivity contribution in [2.45, 2.75) is 18.9 Å². The SMILES string of the molecule is Clc1ccc2nc3n(c2c1)C(Cc1cnc[nH]1)CNCC3. The lowest BCUT2D eigenvalue weighted by atomic mass is 10.1. The maximum Gasteiger partial charge on any atom is 0.111 e. The minimum absolute atomic E-state index is 0.311. The maximum atomic E-state index is 6.18. The molecule has 0 amide bonds. The molecule has 0 radical (unpaired) electrons. The van der Waals surface area contributed by atoms with Gasteiger partial charge < -0.3 is 14.9 Å². The Bertz CT molecular complexity index is 762. The summed E-state index contributed by atoms with van der Waals surface area (Å²) in [6, 6.07) is 6.23. The number of benzene rings is 1. The van der Waals surface area contributed by atoms with Gasteiger partial charge in [-0.05, 0) is 18.2 Å². The van der Waals surface area contributed by atoms with Gasteiger partial charge in [0.05, 0.1) is 23.4 Å². The fourth-order valence-corrected chi connectivity index (χ4v) is 3.24. The van der Waals surface area contributed by atoms with Gasteiger partial charge in [-0.1, -0.05) is 11.6 Å². The van der Waals surface area contributed by atoms with Crippen molar-refractivity contribution in [2.75, 3.05) is 13.1 Å². The summed E-state index contributed by atoms with van der Waals surface area (Å²) in [6.45, 7) is 1.88. The van der Waals surface area contributed by atoms with Crippen LogP contribution in [0.1, 0.15) is 17.6 Å². The summed E-state index contributed by atoms with van der Waals surface area (Å²) in [5, 5.41) is 4.25. The van der Waals surface area contributed by atoms with Gasteiger partial charge in [0.15, 0.2) is 0 Å². The van der Waals surface area contributed by atoms with Crippen molar-refractivity contribution in [2.24, 2.45) is 0 Å². The first kappa shape index (κ1) is 12.9. The average molecular weight is 302 g/mol. The molecule has 108 valence electrons. The van der Waals surface area contributed by atoms with E-state index < -0.39 is 0 Å². The molecule has 1 aliphatic rings. The lowest BCUT2D eigenvalue weighted by Crippen LogP contribution is -2.24. The smallest absolute Gasteiger partial charge is 0.111 e. The van der Waals surface area contributed by atoms with Gasteiger partial charge in [0.25, 0.3) is 0 Å². The van der Waals surface area contributed by atoms with E-state index in [9.17, 15) is 0 Å². The van der Waals surface area contributed by atoms with Crippen LogP contribution in [0.2, 0.25) is 5.02 Å². The number of nitrogens with one attached hydrogen (secondary N) is 2. The van der Waals surface area contributed by atoms with E-state index in [1.165, 1.54) is 0 Å². The maximum absolute atomic E-state index is 6.18. The van der Waals surface area contributed by atoms with Gasteiger partial charge in [0, 0.05) is 42.8 Å². The highest BCUT2D eigenvalue weighted by Gasteiger charge is 2.22. The van der Waals surface area contributed by atoms with Crippen LogP contribution in [0.3, 0.4) is 0 Å². The number of aromatic nitrogens is 4. The first-order valence-corrected chi connectivity index (χ1v) is 7.53. The summed E-state index contributed by atoms with van der Waals surface area (Å²) >= 11 is 6.18. The van der Waals surface area contributed by atoms with Gasteiger partial charge in [-0.3, -0.25) is 0 Å². The lowest BCUT2D eigenvalue weighted by Gasteiger charge is -2.19. The van der Waals surface area contributed by atoms with Crippen molar-refractivity contribution in [3.05, 3.63) is 47.3 Å². The molecular formula is C15H16ClN5. The zero-order valence-corrected chi connectivity index (χ0v) is 12.3. The summed E-state index contributed by atoms with van der Waals surface area (Å²) < 4.78 is 2.34. The van der Waals surface area contributed by atoms with Gasteiger partial charge in [-0.15, -0.1) is 0 Å². The number of hydrogen-bond donors (Lipinski definition) is 2. The standard InChI is InChI=1S/C15H16ClN5/c16-10-1-2-13-14(5-10)21-12(6-11-7-18-9-19-11)8-17-4-3-15(21)20-13/h1-2,5,7,9,12,17H,3-4,6,8H2,(H,18,19). The number of nitrogens with zero attached hydrogens (tertiary/aromatic N) is 3. The van der Waals surface area contributed by atoms with E-state index in [1.54, 1.807) is 6.33 Å². The van der Waals surface area contributed by atoms with Crippen molar-refractivity contribution in [1.82, 2.24) is 24.8 Å². The van der Waals surface area contributed by atoms with Crippen LogP contribution in [0.5, 0.6) is 0 Å². The molecule has 1 aliphatic heterocycles. The van der Waals surface area contributed by atoms with Crippen molar-refractivity contribution in [3.63, 3.8) is 0 Å². The number of hydrogen-bond acceptors (Lipinski definition) is 3. The second-order valence-corrected chi connectivity index (χ2v) is 5.86. The third-order valence-electron chi connectivity index (χ3n) is 4.01. The van der Waals surface area contributed by atoms with Crippen molar-refractivity contribution < 1.29 is 0 Å².